The Morgan fingerprint density at radius 1 is 1.27 bits per heavy atom. The summed E-state index contributed by atoms with van der Waals surface area (Å²) in [6, 6.07) is 7.51. The van der Waals surface area contributed by atoms with Crippen molar-refractivity contribution >= 4 is 34.3 Å². The third-order valence-electron chi connectivity index (χ3n) is 4.62. The van der Waals surface area contributed by atoms with Crippen LogP contribution in [-0.4, -0.2) is 58.4 Å². The summed E-state index contributed by atoms with van der Waals surface area (Å²) >= 11 is 7.39. The monoisotopic (exact) mass is 390 g/mol. The highest BCUT2D eigenvalue weighted by Crippen LogP contribution is 2.32. The Balaban J connectivity index is 1.74. The smallest absolute Gasteiger partial charge is 0.135 e. The van der Waals surface area contributed by atoms with Gasteiger partial charge in [-0.3, -0.25) is 5.41 Å². The van der Waals surface area contributed by atoms with Crippen molar-refractivity contribution in [3.8, 4) is 11.3 Å². The highest BCUT2D eigenvalue weighted by molar-refractivity contribution is 7.11. The molecule has 1 aromatic carbocycles. The first-order chi connectivity index (χ1) is 12.5. The van der Waals surface area contributed by atoms with E-state index in [9.17, 15) is 5.11 Å². The number of hydrogen-bond donors (Lipinski definition) is 2. The molecule has 1 aromatic heterocycles. The van der Waals surface area contributed by atoms with Crippen LogP contribution < -0.4 is 0 Å². The minimum absolute atomic E-state index is 0.228. The van der Waals surface area contributed by atoms with Crippen LogP contribution in [0.2, 0.25) is 5.02 Å². The Morgan fingerprint density at radius 3 is 2.62 bits per heavy atom. The summed E-state index contributed by atoms with van der Waals surface area (Å²) in [5.74, 6) is 0.582. The fourth-order valence-corrected chi connectivity index (χ4v) is 4.01. The number of likely N-dealkylation sites (N-methyl/N-ethyl adjacent to an activating group) is 1. The molecule has 3 rings (SSSR count). The molecule has 0 saturated heterocycles. The first kappa shape index (κ1) is 18.9. The molecule has 0 amide bonds. The maximum atomic E-state index is 10.4. The Hall–Kier alpha value is -1.89. The van der Waals surface area contributed by atoms with Crippen molar-refractivity contribution in [1.29, 1.82) is 5.41 Å². The number of amidine groups is 1. The maximum Gasteiger partial charge on any atom is 0.135 e. The van der Waals surface area contributed by atoms with Gasteiger partial charge in [-0.1, -0.05) is 37.6 Å². The molecule has 1 aliphatic heterocycles. The largest absolute Gasteiger partial charge is 0.510 e. The van der Waals surface area contributed by atoms with Crippen LogP contribution in [0.5, 0.6) is 0 Å². The van der Waals surface area contributed by atoms with E-state index in [4.69, 9.17) is 17.0 Å². The number of rotatable bonds is 7. The van der Waals surface area contributed by atoms with Gasteiger partial charge in [-0.2, -0.15) is 0 Å². The fraction of sp³-hybridized carbons (Fsp3) is 0.368. The molecule has 5 nitrogen and oxygen atoms in total. The molecule has 0 aliphatic carbocycles. The van der Waals surface area contributed by atoms with Crippen molar-refractivity contribution in [1.82, 2.24) is 14.8 Å². The van der Waals surface area contributed by atoms with Gasteiger partial charge in [0.15, 0.2) is 0 Å². The zero-order chi connectivity index (χ0) is 18.7. The number of thiazole rings is 1. The molecule has 1 aliphatic rings. The van der Waals surface area contributed by atoms with Gasteiger partial charge in [0.25, 0.3) is 0 Å². The van der Waals surface area contributed by atoms with Gasteiger partial charge in [0.1, 0.15) is 16.6 Å². The van der Waals surface area contributed by atoms with Gasteiger partial charge in [0, 0.05) is 29.1 Å². The Bertz CT molecular complexity index is 811. The minimum Gasteiger partial charge on any atom is -0.510 e. The Kier molecular flexibility index (Phi) is 5.96. The van der Waals surface area contributed by atoms with Crippen LogP contribution in [-0.2, 0) is 0 Å². The van der Waals surface area contributed by atoms with E-state index in [-0.39, 0.29) is 5.76 Å². The van der Waals surface area contributed by atoms with Crippen molar-refractivity contribution in [2.45, 2.75) is 13.8 Å². The van der Waals surface area contributed by atoms with Crippen molar-refractivity contribution in [2.75, 3.05) is 32.7 Å². The zero-order valence-electron chi connectivity index (χ0n) is 15.0. The van der Waals surface area contributed by atoms with E-state index in [1.54, 1.807) is 0 Å². The lowest BCUT2D eigenvalue weighted by molar-refractivity contribution is 0.265. The molecular weight excluding hydrogens is 368 g/mol. The summed E-state index contributed by atoms with van der Waals surface area (Å²) in [5, 5.41) is 22.2. The Morgan fingerprint density at radius 2 is 1.96 bits per heavy atom. The molecular formula is C19H23ClN4OS. The number of aliphatic hydroxyl groups is 1. The maximum absolute atomic E-state index is 10.4. The molecule has 26 heavy (non-hydrogen) atoms. The summed E-state index contributed by atoms with van der Waals surface area (Å²) in [6.45, 7) is 8.22. The summed E-state index contributed by atoms with van der Waals surface area (Å²) in [4.78, 5) is 8.85. The van der Waals surface area contributed by atoms with Gasteiger partial charge in [-0.05, 0) is 25.2 Å². The van der Waals surface area contributed by atoms with Crippen LogP contribution in [0.3, 0.4) is 0 Å². The van der Waals surface area contributed by atoms with Gasteiger partial charge in [-0.15, -0.1) is 11.3 Å². The Labute approximate surface area is 163 Å². The van der Waals surface area contributed by atoms with Gasteiger partial charge in [-0.25, -0.2) is 4.98 Å². The first-order valence-corrected chi connectivity index (χ1v) is 9.99. The quantitative estimate of drug-likeness (QED) is 0.736. The second-order valence-electron chi connectivity index (χ2n) is 6.16. The molecule has 0 spiro atoms. The fourth-order valence-electron chi connectivity index (χ4n) is 2.99. The summed E-state index contributed by atoms with van der Waals surface area (Å²) < 4.78 is 0. The second-order valence-corrected chi connectivity index (χ2v) is 7.46. The predicted molar refractivity (Wildman–Crippen MR) is 109 cm³/mol. The van der Waals surface area contributed by atoms with E-state index >= 15 is 0 Å². The number of halogens is 1. The lowest BCUT2D eigenvalue weighted by Gasteiger charge is -2.24. The summed E-state index contributed by atoms with van der Waals surface area (Å²) in [7, 11) is 0. The number of benzene rings is 1. The molecule has 2 heterocycles. The predicted octanol–water partition coefficient (Wildman–Crippen LogP) is 4.37. The van der Waals surface area contributed by atoms with Gasteiger partial charge in [0.05, 0.1) is 17.8 Å². The molecule has 2 N–H and O–H groups in total. The van der Waals surface area contributed by atoms with Crippen molar-refractivity contribution in [2.24, 2.45) is 0 Å². The van der Waals surface area contributed by atoms with Crippen LogP contribution in [0.15, 0.2) is 35.4 Å². The van der Waals surface area contributed by atoms with Crippen LogP contribution in [0.1, 0.15) is 18.9 Å². The molecule has 0 bridgehead atoms. The van der Waals surface area contributed by atoms with Gasteiger partial charge in [0.2, 0.25) is 0 Å². The average molecular weight is 391 g/mol. The summed E-state index contributed by atoms with van der Waals surface area (Å²) in [5.41, 5.74) is 2.35. The first-order valence-electron chi connectivity index (χ1n) is 8.73. The normalized spacial score (nSPS) is 14.8. The molecule has 0 fully saturated rings. The number of nitrogens with one attached hydrogen (secondary N) is 1. The average Bonchev–Trinajstić information content (AvgIpc) is 3.21. The van der Waals surface area contributed by atoms with Crippen LogP contribution >= 0.6 is 22.9 Å². The van der Waals surface area contributed by atoms with Crippen molar-refractivity contribution < 1.29 is 5.11 Å². The number of nitrogens with zero attached hydrogens (tertiary/aromatic N) is 3. The highest BCUT2D eigenvalue weighted by atomic mass is 35.5. The highest BCUT2D eigenvalue weighted by Gasteiger charge is 2.30. The van der Waals surface area contributed by atoms with Gasteiger partial charge >= 0.3 is 0 Å². The summed E-state index contributed by atoms with van der Waals surface area (Å²) in [6.07, 6.45) is 0. The van der Waals surface area contributed by atoms with E-state index in [0.29, 0.717) is 28.0 Å². The molecule has 138 valence electrons. The lowest BCUT2D eigenvalue weighted by atomic mass is 10.2. The van der Waals surface area contributed by atoms with Crippen LogP contribution in [0.4, 0.5) is 0 Å². The molecule has 0 unspecified atom stereocenters. The van der Waals surface area contributed by atoms with E-state index in [2.05, 4.69) is 23.7 Å². The standard InChI is InChI=1S/C19H23ClN4OS/c1-3-23(4-2)9-10-24-11-16(25)17(18(24)21)19-22-15(12-26-19)13-5-7-14(20)8-6-13/h5-8,12,21,25H,3-4,9-11H2,1-2H3. The molecule has 7 heteroatoms. The third-order valence-corrected chi connectivity index (χ3v) is 5.73. The minimum atomic E-state index is 0.228. The van der Waals surface area contributed by atoms with E-state index in [0.717, 1.165) is 37.4 Å². The lowest BCUT2D eigenvalue weighted by Crippen LogP contribution is -2.36. The van der Waals surface area contributed by atoms with E-state index in [1.165, 1.54) is 11.3 Å². The van der Waals surface area contributed by atoms with Gasteiger partial charge < -0.3 is 14.9 Å². The topological polar surface area (TPSA) is 63.5 Å². The second kappa shape index (κ2) is 8.20. The zero-order valence-corrected chi connectivity index (χ0v) is 16.6. The molecule has 0 saturated carbocycles. The van der Waals surface area contributed by atoms with Crippen LogP contribution in [0, 0.1) is 5.41 Å². The van der Waals surface area contributed by atoms with Crippen molar-refractivity contribution in [3.63, 3.8) is 0 Å². The van der Waals surface area contributed by atoms with E-state index in [1.807, 2.05) is 34.5 Å². The molecule has 2 aromatic rings. The number of hydrogen-bond acceptors (Lipinski definition) is 5. The van der Waals surface area contributed by atoms with E-state index < -0.39 is 0 Å². The molecule has 0 radical (unpaired) electrons. The van der Waals surface area contributed by atoms with Crippen molar-refractivity contribution in [3.05, 3.63) is 45.4 Å². The number of aliphatic hydroxyl groups excluding tert-OH is 1. The SMILES string of the molecule is CCN(CC)CCN1CC(O)=C(c2nc(-c3ccc(Cl)cc3)cs2)C1=N. The van der Waals surface area contributed by atoms with Crippen LogP contribution in [0.25, 0.3) is 16.8 Å². The third kappa shape index (κ3) is 3.92. The molecule has 0 atom stereocenters. The number of aromatic nitrogens is 1.